The quantitative estimate of drug-likeness (QED) is 0.562. The molecule has 0 bridgehead atoms. The summed E-state index contributed by atoms with van der Waals surface area (Å²) in [6.07, 6.45) is 2.25. The van der Waals surface area contributed by atoms with Crippen molar-refractivity contribution in [1.29, 1.82) is 0 Å². The van der Waals surface area contributed by atoms with Crippen LogP contribution in [0.4, 0.5) is 18.9 Å². The van der Waals surface area contributed by atoms with Gasteiger partial charge in [0.05, 0.1) is 22.6 Å². The van der Waals surface area contributed by atoms with Gasteiger partial charge in [0.25, 0.3) is 5.92 Å². The van der Waals surface area contributed by atoms with Crippen LogP contribution in [0.2, 0.25) is 5.02 Å². The lowest BCUT2D eigenvalue weighted by Gasteiger charge is -2.19. The van der Waals surface area contributed by atoms with E-state index in [9.17, 15) is 21.6 Å². The van der Waals surface area contributed by atoms with Gasteiger partial charge in [-0.05, 0) is 36.8 Å². The number of alkyl halides is 2. The van der Waals surface area contributed by atoms with Crippen molar-refractivity contribution in [2.75, 3.05) is 11.6 Å². The van der Waals surface area contributed by atoms with Gasteiger partial charge in [-0.3, -0.25) is 4.98 Å². The van der Waals surface area contributed by atoms with Crippen molar-refractivity contribution in [3.63, 3.8) is 0 Å². The van der Waals surface area contributed by atoms with Crippen LogP contribution in [0.5, 0.6) is 0 Å². The first kappa shape index (κ1) is 22.1. The van der Waals surface area contributed by atoms with E-state index in [0.29, 0.717) is 16.9 Å². The number of halogens is 4. The van der Waals surface area contributed by atoms with Crippen LogP contribution in [0.25, 0.3) is 0 Å². The average molecular weight is 459 g/mol. The van der Waals surface area contributed by atoms with Gasteiger partial charge in [-0.25, -0.2) is 17.8 Å². The molecule has 1 unspecified atom stereocenters. The zero-order valence-corrected chi connectivity index (χ0v) is 17.7. The fraction of sp³-hybridized carbons (Fsp3) is 0.263. The van der Waals surface area contributed by atoms with Gasteiger partial charge in [-0.1, -0.05) is 17.7 Å². The first-order valence-corrected chi connectivity index (χ1v) is 11.0. The number of benzene rings is 1. The minimum Gasteiger partial charge on any atom is -0.370 e. The number of rotatable bonds is 6. The normalized spacial score (nSPS) is 13.3. The molecule has 0 aliphatic rings. The fourth-order valence-corrected chi connectivity index (χ4v) is 3.93. The topological polar surface area (TPSA) is 87.7 Å². The number of H-pyrrole nitrogens is 1. The number of nitrogens with zero attached hydrogens (tertiary/aromatic N) is 2. The second kappa shape index (κ2) is 7.92. The Morgan fingerprint density at radius 2 is 1.93 bits per heavy atom. The maximum absolute atomic E-state index is 13.6. The third-order valence-electron chi connectivity index (χ3n) is 4.28. The number of sulfone groups is 1. The summed E-state index contributed by atoms with van der Waals surface area (Å²) in [5.74, 6) is -3.49. The molecule has 0 radical (unpaired) electrons. The Balaban J connectivity index is 2.05. The second-order valence-electron chi connectivity index (χ2n) is 6.90. The molecule has 0 saturated carbocycles. The number of aromatic amines is 1. The van der Waals surface area contributed by atoms with Gasteiger partial charge in [0, 0.05) is 13.2 Å². The minimum absolute atomic E-state index is 0.128. The Kier molecular flexibility index (Phi) is 5.83. The lowest BCUT2D eigenvalue weighted by atomic mass is 10.1. The number of hydrogen-bond acceptors (Lipinski definition) is 5. The summed E-state index contributed by atoms with van der Waals surface area (Å²) in [7, 11) is -3.59. The summed E-state index contributed by atoms with van der Waals surface area (Å²) >= 11 is 5.90. The monoisotopic (exact) mass is 458 g/mol. The third kappa shape index (κ3) is 4.76. The Labute approximate surface area is 176 Å². The van der Waals surface area contributed by atoms with E-state index in [1.165, 1.54) is 36.5 Å². The van der Waals surface area contributed by atoms with Crippen LogP contribution in [0, 0.1) is 12.7 Å². The number of aryl methyl sites for hydroxylation is 1. The van der Waals surface area contributed by atoms with Crippen molar-refractivity contribution in [2.24, 2.45) is 0 Å². The molecule has 11 heteroatoms. The molecule has 0 aliphatic heterocycles. The van der Waals surface area contributed by atoms with Crippen LogP contribution < -0.4 is 5.32 Å². The van der Waals surface area contributed by atoms with Gasteiger partial charge in [-0.15, -0.1) is 0 Å². The molecule has 2 N–H and O–H groups in total. The maximum Gasteiger partial charge on any atom is 0.286 e. The predicted octanol–water partition coefficient (Wildman–Crippen LogP) is 4.62. The summed E-state index contributed by atoms with van der Waals surface area (Å²) in [6.45, 7) is 2.30. The fourth-order valence-electron chi connectivity index (χ4n) is 2.87. The molecule has 0 saturated heterocycles. The zero-order chi connectivity index (χ0) is 22.3. The minimum atomic E-state index is -3.59. The van der Waals surface area contributed by atoms with Crippen LogP contribution in [0.1, 0.15) is 35.7 Å². The largest absolute Gasteiger partial charge is 0.370 e. The van der Waals surface area contributed by atoms with Crippen molar-refractivity contribution in [3.05, 3.63) is 70.1 Å². The summed E-state index contributed by atoms with van der Waals surface area (Å²) in [5, 5.41) is 2.79. The van der Waals surface area contributed by atoms with Crippen molar-refractivity contribution in [3.8, 4) is 0 Å². The molecule has 0 aliphatic carbocycles. The van der Waals surface area contributed by atoms with Gasteiger partial charge in [-0.2, -0.15) is 8.78 Å². The van der Waals surface area contributed by atoms with E-state index >= 15 is 0 Å². The Morgan fingerprint density at radius 3 is 2.43 bits per heavy atom. The Hall–Kier alpha value is -2.59. The molecule has 1 atom stereocenters. The molecule has 2 aromatic heterocycles. The Morgan fingerprint density at radius 1 is 1.23 bits per heavy atom. The molecule has 30 heavy (non-hydrogen) atoms. The highest BCUT2D eigenvalue weighted by Gasteiger charge is 2.27. The Bertz CT molecular complexity index is 1180. The average Bonchev–Trinajstić information content (AvgIpc) is 3.03. The molecule has 0 fully saturated rings. The van der Waals surface area contributed by atoms with E-state index in [0.717, 1.165) is 13.2 Å². The standard InChI is InChI=1S/C19H18ClF3N4O2S/c1-10-18(30(3,28)29)27-17(25-10)16(11-4-6-14(21)13(20)8-11)26-12-5-7-15(24-9-12)19(2,22)23/h4-9,16,26H,1-3H3,(H,25,27). The molecule has 3 aromatic rings. The molecule has 2 heterocycles. The van der Waals surface area contributed by atoms with E-state index in [1.54, 1.807) is 6.92 Å². The van der Waals surface area contributed by atoms with E-state index < -0.39 is 33.3 Å². The number of pyridine rings is 1. The molecule has 0 spiro atoms. The molecule has 1 aromatic carbocycles. The number of nitrogens with one attached hydrogen (secondary N) is 2. The highest BCUT2D eigenvalue weighted by Crippen LogP contribution is 2.31. The first-order valence-electron chi connectivity index (χ1n) is 8.68. The van der Waals surface area contributed by atoms with Crippen LogP contribution in [0.15, 0.2) is 41.6 Å². The first-order chi connectivity index (χ1) is 13.9. The highest BCUT2D eigenvalue weighted by atomic mass is 35.5. The molecule has 0 amide bonds. The van der Waals surface area contributed by atoms with Crippen molar-refractivity contribution < 1.29 is 21.6 Å². The molecule has 3 rings (SSSR count). The van der Waals surface area contributed by atoms with Crippen molar-refractivity contribution >= 4 is 27.1 Å². The summed E-state index contributed by atoms with van der Waals surface area (Å²) in [4.78, 5) is 10.8. The molecule has 6 nitrogen and oxygen atoms in total. The van der Waals surface area contributed by atoms with E-state index in [-0.39, 0.29) is 15.9 Å². The maximum atomic E-state index is 13.6. The number of hydrogen-bond donors (Lipinski definition) is 2. The van der Waals surface area contributed by atoms with E-state index in [4.69, 9.17) is 11.6 Å². The summed E-state index contributed by atoms with van der Waals surface area (Å²) in [6, 6.07) is 5.79. The van der Waals surface area contributed by atoms with Crippen LogP contribution in [-0.4, -0.2) is 29.6 Å². The lowest BCUT2D eigenvalue weighted by molar-refractivity contribution is 0.0128. The predicted molar refractivity (Wildman–Crippen MR) is 107 cm³/mol. The van der Waals surface area contributed by atoms with Crippen LogP contribution >= 0.6 is 11.6 Å². The number of imidazole rings is 1. The van der Waals surface area contributed by atoms with Gasteiger partial charge >= 0.3 is 0 Å². The van der Waals surface area contributed by atoms with Crippen molar-refractivity contribution in [1.82, 2.24) is 15.0 Å². The SMILES string of the molecule is Cc1[nH]c(C(Nc2ccc(C(C)(F)F)nc2)c2ccc(F)c(Cl)c2)nc1S(C)(=O)=O. The van der Waals surface area contributed by atoms with Crippen molar-refractivity contribution in [2.45, 2.75) is 30.8 Å². The third-order valence-corrected chi connectivity index (χ3v) is 5.67. The summed E-state index contributed by atoms with van der Waals surface area (Å²) < 4.78 is 64.4. The van der Waals surface area contributed by atoms with Gasteiger partial charge in [0.1, 0.15) is 23.4 Å². The van der Waals surface area contributed by atoms with Gasteiger partial charge < -0.3 is 10.3 Å². The lowest BCUT2D eigenvalue weighted by Crippen LogP contribution is -2.15. The smallest absolute Gasteiger partial charge is 0.286 e. The number of anilines is 1. The second-order valence-corrected chi connectivity index (χ2v) is 9.23. The van der Waals surface area contributed by atoms with Gasteiger partial charge in [0.15, 0.2) is 14.9 Å². The molecular weight excluding hydrogens is 441 g/mol. The zero-order valence-electron chi connectivity index (χ0n) is 16.2. The van der Waals surface area contributed by atoms with Crippen LogP contribution in [-0.2, 0) is 15.8 Å². The molecular formula is C19H18ClF3N4O2S. The number of aromatic nitrogens is 3. The van der Waals surface area contributed by atoms with E-state index in [2.05, 4.69) is 20.3 Å². The highest BCUT2D eigenvalue weighted by molar-refractivity contribution is 7.90. The van der Waals surface area contributed by atoms with Gasteiger partial charge in [0.2, 0.25) is 0 Å². The molecule has 160 valence electrons. The summed E-state index contributed by atoms with van der Waals surface area (Å²) in [5.41, 5.74) is 0.762. The van der Waals surface area contributed by atoms with E-state index in [1.807, 2.05) is 0 Å². The van der Waals surface area contributed by atoms with Crippen LogP contribution in [0.3, 0.4) is 0 Å².